The summed E-state index contributed by atoms with van der Waals surface area (Å²) >= 11 is 5.78. The van der Waals surface area contributed by atoms with Gasteiger partial charge in [0.15, 0.2) is 5.11 Å². The Morgan fingerprint density at radius 1 is 1.17 bits per heavy atom. The van der Waals surface area contributed by atoms with Crippen molar-refractivity contribution in [3.05, 3.63) is 83.2 Å². The SMILES string of the molecule is Cc1cc([C@@H]2[C@@H](c3ccccn3)NC(=S)N2CCC(=O)Nc2ccccc2F)c(C)n1C1CCCC1. The van der Waals surface area contributed by atoms with Crippen molar-refractivity contribution in [1.29, 1.82) is 0 Å². The van der Waals surface area contributed by atoms with Crippen molar-refractivity contribution in [1.82, 2.24) is 19.8 Å². The number of pyridine rings is 1. The zero-order valence-electron chi connectivity index (χ0n) is 20.7. The van der Waals surface area contributed by atoms with E-state index in [1.54, 1.807) is 24.4 Å². The van der Waals surface area contributed by atoms with Crippen molar-refractivity contribution >= 4 is 28.9 Å². The molecule has 1 aliphatic heterocycles. The molecule has 3 heterocycles. The summed E-state index contributed by atoms with van der Waals surface area (Å²) in [5.41, 5.74) is 4.81. The van der Waals surface area contributed by atoms with Crippen LogP contribution in [-0.4, -0.2) is 32.0 Å². The minimum Gasteiger partial charge on any atom is -0.352 e. The van der Waals surface area contributed by atoms with Crippen LogP contribution in [0.1, 0.15) is 72.9 Å². The average Bonchev–Trinajstić information content (AvgIpc) is 3.58. The lowest BCUT2D eigenvalue weighted by Gasteiger charge is -2.28. The van der Waals surface area contributed by atoms with Crippen molar-refractivity contribution in [3.8, 4) is 0 Å². The van der Waals surface area contributed by atoms with E-state index in [1.807, 2.05) is 18.2 Å². The van der Waals surface area contributed by atoms with E-state index in [1.165, 1.54) is 48.7 Å². The van der Waals surface area contributed by atoms with Crippen molar-refractivity contribution < 1.29 is 9.18 Å². The van der Waals surface area contributed by atoms with Crippen LogP contribution in [0.5, 0.6) is 0 Å². The third-order valence-electron chi connectivity index (χ3n) is 7.46. The molecule has 1 saturated heterocycles. The molecule has 2 fully saturated rings. The van der Waals surface area contributed by atoms with E-state index >= 15 is 0 Å². The van der Waals surface area contributed by atoms with Gasteiger partial charge in [0, 0.05) is 36.6 Å². The highest BCUT2D eigenvalue weighted by Gasteiger charge is 2.41. The fourth-order valence-electron chi connectivity index (χ4n) is 5.81. The zero-order chi connectivity index (χ0) is 25.2. The van der Waals surface area contributed by atoms with Gasteiger partial charge in [-0.25, -0.2) is 4.39 Å². The van der Waals surface area contributed by atoms with Gasteiger partial charge in [-0.05, 0) is 74.8 Å². The number of hydrogen-bond donors (Lipinski definition) is 2. The summed E-state index contributed by atoms with van der Waals surface area (Å²) in [4.78, 5) is 19.5. The maximum absolute atomic E-state index is 14.0. The number of nitrogens with zero attached hydrogens (tertiary/aromatic N) is 3. The lowest BCUT2D eigenvalue weighted by molar-refractivity contribution is -0.116. The van der Waals surface area contributed by atoms with Crippen LogP contribution in [0, 0.1) is 19.7 Å². The number of anilines is 1. The van der Waals surface area contributed by atoms with Gasteiger partial charge in [0.1, 0.15) is 5.82 Å². The number of benzene rings is 1. The molecule has 2 N–H and O–H groups in total. The molecule has 2 atom stereocenters. The Kier molecular flexibility index (Phi) is 7.05. The largest absolute Gasteiger partial charge is 0.352 e. The summed E-state index contributed by atoms with van der Waals surface area (Å²) in [6, 6.07) is 14.7. The first-order valence-electron chi connectivity index (χ1n) is 12.6. The Bertz CT molecular complexity index is 1250. The van der Waals surface area contributed by atoms with Crippen molar-refractivity contribution in [2.24, 2.45) is 0 Å². The summed E-state index contributed by atoms with van der Waals surface area (Å²) in [5, 5.41) is 6.76. The van der Waals surface area contributed by atoms with Crippen LogP contribution in [0.15, 0.2) is 54.7 Å². The van der Waals surface area contributed by atoms with E-state index in [-0.39, 0.29) is 30.1 Å². The van der Waals surface area contributed by atoms with E-state index in [0.717, 1.165) is 5.69 Å². The predicted octanol–water partition coefficient (Wildman–Crippen LogP) is 5.76. The van der Waals surface area contributed by atoms with E-state index in [0.29, 0.717) is 17.7 Å². The number of thiocarbonyl (C=S) groups is 1. The zero-order valence-corrected chi connectivity index (χ0v) is 21.5. The Balaban J connectivity index is 1.43. The lowest BCUT2D eigenvalue weighted by atomic mass is 9.96. The summed E-state index contributed by atoms with van der Waals surface area (Å²) in [7, 11) is 0. The number of para-hydroxylation sites is 1. The minimum atomic E-state index is -0.448. The number of aromatic nitrogens is 2. The van der Waals surface area contributed by atoms with Gasteiger partial charge in [0.2, 0.25) is 5.91 Å². The number of hydrogen-bond acceptors (Lipinski definition) is 3. The highest BCUT2D eigenvalue weighted by molar-refractivity contribution is 7.80. The Morgan fingerprint density at radius 3 is 2.64 bits per heavy atom. The predicted molar refractivity (Wildman–Crippen MR) is 143 cm³/mol. The van der Waals surface area contributed by atoms with Crippen molar-refractivity contribution in [2.45, 2.75) is 64.1 Å². The Morgan fingerprint density at radius 2 is 1.92 bits per heavy atom. The van der Waals surface area contributed by atoms with Crippen LogP contribution in [0.3, 0.4) is 0 Å². The molecule has 1 amide bonds. The van der Waals surface area contributed by atoms with Gasteiger partial charge >= 0.3 is 0 Å². The van der Waals surface area contributed by atoms with Crippen LogP contribution in [0.2, 0.25) is 0 Å². The van der Waals surface area contributed by atoms with Gasteiger partial charge < -0.3 is 20.1 Å². The van der Waals surface area contributed by atoms with E-state index < -0.39 is 5.82 Å². The van der Waals surface area contributed by atoms with E-state index in [2.05, 4.69) is 45.0 Å². The number of nitrogens with one attached hydrogen (secondary N) is 2. The molecule has 1 aliphatic carbocycles. The maximum atomic E-state index is 14.0. The number of rotatable bonds is 7. The monoisotopic (exact) mass is 505 g/mol. The third kappa shape index (κ3) is 4.74. The molecule has 3 aromatic rings. The molecule has 1 aromatic carbocycles. The second kappa shape index (κ2) is 10.4. The molecule has 6 nitrogen and oxygen atoms in total. The van der Waals surface area contributed by atoms with Gasteiger partial charge in [-0.2, -0.15) is 0 Å². The maximum Gasteiger partial charge on any atom is 0.226 e. The fourth-order valence-corrected chi connectivity index (χ4v) is 6.14. The summed E-state index contributed by atoms with van der Waals surface area (Å²) in [6.45, 7) is 4.78. The first-order valence-corrected chi connectivity index (χ1v) is 13.1. The van der Waals surface area contributed by atoms with Crippen molar-refractivity contribution in [3.63, 3.8) is 0 Å². The first kappa shape index (κ1) is 24.4. The smallest absolute Gasteiger partial charge is 0.226 e. The molecule has 0 spiro atoms. The second-order valence-electron chi connectivity index (χ2n) is 9.73. The van der Waals surface area contributed by atoms with Gasteiger partial charge in [0.05, 0.1) is 23.5 Å². The van der Waals surface area contributed by atoms with Crippen LogP contribution in [-0.2, 0) is 4.79 Å². The molecule has 1 saturated carbocycles. The highest BCUT2D eigenvalue weighted by atomic mass is 32.1. The molecule has 36 heavy (non-hydrogen) atoms. The molecule has 0 radical (unpaired) electrons. The van der Waals surface area contributed by atoms with Crippen LogP contribution in [0.4, 0.5) is 10.1 Å². The molecule has 2 aromatic heterocycles. The van der Waals surface area contributed by atoms with Gasteiger partial charge in [-0.3, -0.25) is 9.78 Å². The number of aryl methyl sites for hydroxylation is 1. The summed E-state index contributed by atoms with van der Waals surface area (Å²) in [6.07, 6.45) is 6.94. The average molecular weight is 506 g/mol. The molecule has 5 rings (SSSR count). The number of halogens is 1. The van der Waals surface area contributed by atoms with Crippen LogP contribution in [0.25, 0.3) is 0 Å². The topological polar surface area (TPSA) is 62.2 Å². The van der Waals surface area contributed by atoms with E-state index in [4.69, 9.17) is 12.2 Å². The highest BCUT2D eigenvalue weighted by Crippen LogP contribution is 2.43. The lowest BCUT2D eigenvalue weighted by Crippen LogP contribution is -2.33. The van der Waals surface area contributed by atoms with Crippen LogP contribution >= 0.6 is 12.2 Å². The number of carbonyl (C=O) groups is 1. The van der Waals surface area contributed by atoms with Gasteiger partial charge in [-0.15, -0.1) is 0 Å². The standard InChI is InChI=1S/C28H32FN5OS/c1-18-17-21(19(2)34(18)20-9-3-4-10-20)27-26(24-13-7-8-15-30-24)32-28(36)33(27)16-14-25(35)31-23-12-6-5-11-22(23)29/h5-8,11-13,15,17,20,26-27H,3-4,9-10,14,16H2,1-2H3,(H,31,35)(H,32,36)/t26-,27-/m1/s1. The molecule has 0 unspecified atom stereocenters. The van der Waals surface area contributed by atoms with Gasteiger partial charge in [-0.1, -0.05) is 31.0 Å². The Hall–Kier alpha value is -3.26. The fraction of sp³-hybridized carbons (Fsp3) is 0.393. The van der Waals surface area contributed by atoms with Crippen molar-refractivity contribution in [2.75, 3.05) is 11.9 Å². The Labute approximate surface area is 216 Å². The molecule has 2 aliphatic rings. The normalized spacial score (nSPS) is 20.1. The second-order valence-corrected chi connectivity index (χ2v) is 10.1. The third-order valence-corrected chi connectivity index (χ3v) is 7.81. The quantitative estimate of drug-likeness (QED) is 0.400. The van der Waals surface area contributed by atoms with Gasteiger partial charge in [0.25, 0.3) is 0 Å². The number of carbonyl (C=O) groups excluding carboxylic acids is 1. The summed E-state index contributed by atoms with van der Waals surface area (Å²) in [5.74, 6) is -0.698. The molecular weight excluding hydrogens is 473 g/mol. The molecule has 188 valence electrons. The molecule has 0 bridgehead atoms. The summed E-state index contributed by atoms with van der Waals surface area (Å²) < 4.78 is 16.5. The molecule has 8 heteroatoms. The molecular formula is C28H32FN5OS. The van der Waals surface area contributed by atoms with E-state index in [9.17, 15) is 9.18 Å². The first-order chi connectivity index (χ1) is 17.4. The van der Waals surface area contributed by atoms with Crippen LogP contribution < -0.4 is 10.6 Å². The number of amides is 1. The minimum absolute atomic E-state index is 0.102.